The number of hydrogen-bond acceptors (Lipinski definition) is 3. The summed E-state index contributed by atoms with van der Waals surface area (Å²) in [6, 6.07) is -0.652. The van der Waals surface area contributed by atoms with Crippen LogP contribution in [0.4, 0.5) is 0 Å². The molecule has 5 heteroatoms. The lowest BCUT2D eigenvalue weighted by Crippen LogP contribution is -2.50. The van der Waals surface area contributed by atoms with Gasteiger partial charge in [-0.25, -0.2) is 0 Å². The summed E-state index contributed by atoms with van der Waals surface area (Å²) in [4.78, 5) is 26.5. The second-order valence-electron chi connectivity index (χ2n) is 6.36. The Kier molecular flexibility index (Phi) is 7.33. The fourth-order valence-corrected chi connectivity index (χ4v) is 2.85. The van der Waals surface area contributed by atoms with E-state index in [-0.39, 0.29) is 17.9 Å². The maximum Gasteiger partial charge on any atom is 0.250 e. The zero-order chi connectivity index (χ0) is 17.6. The highest BCUT2D eigenvalue weighted by Crippen LogP contribution is 2.30. The third kappa shape index (κ3) is 4.85. The highest BCUT2D eigenvalue weighted by atomic mass is 16.5. The summed E-state index contributed by atoms with van der Waals surface area (Å²) in [5.74, 6) is 0.847. The first-order valence-corrected chi connectivity index (χ1v) is 8.42. The van der Waals surface area contributed by atoms with Gasteiger partial charge in [0.2, 0.25) is 11.8 Å². The summed E-state index contributed by atoms with van der Waals surface area (Å²) in [5.41, 5.74) is 0.629. The van der Waals surface area contributed by atoms with Gasteiger partial charge in [-0.1, -0.05) is 40.7 Å². The van der Waals surface area contributed by atoms with Crippen molar-refractivity contribution < 1.29 is 14.3 Å². The van der Waals surface area contributed by atoms with Gasteiger partial charge in [0.15, 0.2) is 0 Å². The molecule has 0 spiro atoms. The smallest absolute Gasteiger partial charge is 0.250 e. The Balaban J connectivity index is 3.00. The summed E-state index contributed by atoms with van der Waals surface area (Å²) in [5, 5.41) is 2.86. The Hall–Kier alpha value is -1.78. The first-order chi connectivity index (χ1) is 10.8. The highest BCUT2D eigenvalue weighted by Gasteiger charge is 2.37. The molecular weight excluding hydrogens is 292 g/mol. The average Bonchev–Trinajstić information content (AvgIpc) is 2.81. The van der Waals surface area contributed by atoms with Crippen LogP contribution in [0, 0.1) is 5.92 Å². The second kappa shape index (κ2) is 8.75. The SMILES string of the molecule is C=C1C=C(OC)C(CCC)N1C(=O)C(CC(C)C)NC(=O)CC. The molecule has 0 aromatic carbocycles. The van der Waals surface area contributed by atoms with Crippen molar-refractivity contribution in [2.24, 2.45) is 5.92 Å². The zero-order valence-corrected chi connectivity index (χ0v) is 15.0. The minimum Gasteiger partial charge on any atom is -0.499 e. The second-order valence-corrected chi connectivity index (χ2v) is 6.36. The minimum absolute atomic E-state index is 0.104. The Labute approximate surface area is 139 Å². The standard InChI is InChI=1S/C18H30N2O3/c1-7-9-15-16(23-6)11-13(5)20(15)18(22)14(10-12(3)4)19-17(21)8-2/h11-12,14-15H,5,7-10H2,1-4,6H3,(H,19,21). The molecular formula is C18H30N2O3. The van der Waals surface area contributed by atoms with E-state index in [0.29, 0.717) is 24.5 Å². The van der Waals surface area contributed by atoms with Crippen molar-refractivity contribution in [2.75, 3.05) is 7.11 Å². The van der Waals surface area contributed by atoms with E-state index in [1.165, 1.54) is 0 Å². The van der Waals surface area contributed by atoms with E-state index in [9.17, 15) is 9.59 Å². The van der Waals surface area contributed by atoms with Gasteiger partial charge in [-0.05, 0) is 18.8 Å². The van der Waals surface area contributed by atoms with Gasteiger partial charge in [-0.3, -0.25) is 9.59 Å². The van der Waals surface area contributed by atoms with Crippen LogP contribution in [0.2, 0.25) is 0 Å². The lowest BCUT2D eigenvalue weighted by atomic mass is 10.0. The topological polar surface area (TPSA) is 58.6 Å². The molecule has 0 bridgehead atoms. The summed E-state index contributed by atoms with van der Waals surface area (Å²) in [6.45, 7) is 11.9. The molecule has 1 aliphatic heterocycles. The van der Waals surface area contributed by atoms with E-state index < -0.39 is 6.04 Å². The van der Waals surface area contributed by atoms with Crippen molar-refractivity contribution in [2.45, 2.75) is 65.5 Å². The van der Waals surface area contributed by atoms with Crippen molar-refractivity contribution >= 4 is 11.8 Å². The summed E-state index contributed by atoms with van der Waals surface area (Å²) < 4.78 is 5.41. The number of methoxy groups -OCH3 is 1. The Morgan fingerprint density at radius 1 is 1.39 bits per heavy atom. The van der Waals surface area contributed by atoms with Crippen molar-refractivity contribution in [1.82, 2.24) is 10.2 Å². The van der Waals surface area contributed by atoms with Crippen molar-refractivity contribution in [1.29, 1.82) is 0 Å². The normalized spacial score (nSPS) is 18.9. The predicted octanol–water partition coefficient (Wildman–Crippen LogP) is 2.98. The molecule has 0 radical (unpaired) electrons. The number of carbonyl (C=O) groups is 2. The number of allylic oxidation sites excluding steroid dienone is 1. The van der Waals surface area contributed by atoms with Gasteiger partial charge in [0.1, 0.15) is 11.8 Å². The van der Waals surface area contributed by atoms with E-state index >= 15 is 0 Å². The Morgan fingerprint density at radius 3 is 2.52 bits per heavy atom. The number of hydrogen-bond donors (Lipinski definition) is 1. The van der Waals surface area contributed by atoms with Crippen LogP contribution in [0.25, 0.3) is 0 Å². The third-order valence-electron chi connectivity index (χ3n) is 3.96. The molecule has 5 nitrogen and oxygen atoms in total. The Bertz CT molecular complexity index is 483. The molecule has 0 saturated carbocycles. The van der Waals surface area contributed by atoms with Crippen molar-refractivity contribution in [3.05, 3.63) is 24.1 Å². The van der Waals surface area contributed by atoms with Crippen LogP contribution in [0.1, 0.15) is 53.4 Å². The molecule has 1 rings (SSSR count). The molecule has 23 heavy (non-hydrogen) atoms. The monoisotopic (exact) mass is 322 g/mol. The van der Waals surface area contributed by atoms with Gasteiger partial charge < -0.3 is 15.0 Å². The third-order valence-corrected chi connectivity index (χ3v) is 3.96. The maximum absolute atomic E-state index is 13.1. The van der Waals surface area contributed by atoms with Crippen LogP contribution in [-0.4, -0.2) is 35.9 Å². The summed E-state index contributed by atoms with van der Waals surface area (Å²) in [7, 11) is 1.61. The molecule has 2 unspecified atom stereocenters. The summed E-state index contributed by atoms with van der Waals surface area (Å²) >= 11 is 0. The van der Waals surface area contributed by atoms with E-state index in [4.69, 9.17) is 4.74 Å². The molecule has 1 heterocycles. The quantitative estimate of drug-likeness (QED) is 0.747. The minimum atomic E-state index is -0.525. The van der Waals surface area contributed by atoms with Crippen LogP contribution >= 0.6 is 0 Å². The molecule has 1 N–H and O–H groups in total. The molecule has 130 valence electrons. The molecule has 0 aromatic rings. The Morgan fingerprint density at radius 2 is 2.04 bits per heavy atom. The average molecular weight is 322 g/mol. The van der Waals surface area contributed by atoms with Crippen molar-refractivity contribution in [3.8, 4) is 0 Å². The van der Waals surface area contributed by atoms with Gasteiger partial charge in [0, 0.05) is 18.2 Å². The molecule has 0 saturated heterocycles. The molecule has 2 amide bonds. The molecule has 2 atom stereocenters. The van der Waals surface area contributed by atoms with E-state index in [0.717, 1.165) is 18.6 Å². The van der Waals surface area contributed by atoms with Gasteiger partial charge in [-0.2, -0.15) is 0 Å². The lowest BCUT2D eigenvalue weighted by molar-refractivity contribution is -0.136. The number of ether oxygens (including phenoxy) is 1. The summed E-state index contributed by atoms with van der Waals surface area (Å²) in [6.07, 6.45) is 4.52. The molecule has 1 aliphatic rings. The molecule has 0 aromatic heterocycles. The van der Waals surface area contributed by atoms with Crippen molar-refractivity contribution in [3.63, 3.8) is 0 Å². The van der Waals surface area contributed by atoms with Crippen LogP contribution in [0.3, 0.4) is 0 Å². The zero-order valence-electron chi connectivity index (χ0n) is 15.0. The number of amides is 2. The maximum atomic E-state index is 13.1. The van der Waals surface area contributed by atoms with Gasteiger partial charge in [-0.15, -0.1) is 0 Å². The first kappa shape index (κ1) is 19.3. The predicted molar refractivity (Wildman–Crippen MR) is 91.5 cm³/mol. The molecule has 0 aliphatic carbocycles. The van der Waals surface area contributed by atoms with E-state index in [1.54, 1.807) is 18.9 Å². The first-order valence-electron chi connectivity index (χ1n) is 8.42. The van der Waals surface area contributed by atoms with E-state index in [1.807, 2.05) is 19.9 Å². The fourth-order valence-electron chi connectivity index (χ4n) is 2.85. The number of rotatable bonds is 8. The van der Waals surface area contributed by atoms with Crippen LogP contribution in [0.5, 0.6) is 0 Å². The fraction of sp³-hybridized carbons (Fsp3) is 0.667. The van der Waals surface area contributed by atoms with Gasteiger partial charge in [0.25, 0.3) is 0 Å². The van der Waals surface area contributed by atoms with Gasteiger partial charge in [0.05, 0.1) is 13.2 Å². The van der Waals surface area contributed by atoms with Crippen LogP contribution in [-0.2, 0) is 14.3 Å². The number of nitrogens with zero attached hydrogens (tertiary/aromatic N) is 1. The molecule has 0 fully saturated rings. The largest absolute Gasteiger partial charge is 0.499 e. The number of nitrogens with one attached hydrogen (secondary N) is 1. The van der Waals surface area contributed by atoms with Crippen LogP contribution < -0.4 is 5.32 Å². The number of carbonyl (C=O) groups excluding carboxylic acids is 2. The highest BCUT2D eigenvalue weighted by molar-refractivity contribution is 5.89. The van der Waals surface area contributed by atoms with Crippen LogP contribution in [0.15, 0.2) is 24.1 Å². The van der Waals surface area contributed by atoms with E-state index in [2.05, 4.69) is 18.8 Å². The lowest BCUT2D eigenvalue weighted by Gasteiger charge is -2.31. The van der Waals surface area contributed by atoms with Gasteiger partial charge >= 0.3 is 0 Å².